The fraction of sp³-hybridized carbons (Fsp3) is 0.278. The van der Waals surface area contributed by atoms with Gasteiger partial charge in [-0.05, 0) is 44.7 Å². The Morgan fingerprint density at radius 3 is 2.72 bits per heavy atom. The molecule has 0 fully saturated rings. The second-order valence-corrected chi connectivity index (χ2v) is 6.88. The molecule has 1 aromatic carbocycles. The number of imidazole rings is 1. The van der Waals surface area contributed by atoms with Gasteiger partial charge in [0.25, 0.3) is 0 Å². The number of aryl methyl sites for hydroxylation is 3. The molecule has 0 saturated heterocycles. The maximum Gasteiger partial charge on any atom is 0.231 e. The van der Waals surface area contributed by atoms with Gasteiger partial charge >= 0.3 is 0 Å². The standard InChI is InChI=1S/C18H20N4O2S/c1-11(16-12(2)21-24-13(16)3)17(23)20-14-7-5-6-8-15(14)25-18-19-9-10-22(18)4/h5-11H,1-4H3,(H,20,23). The summed E-state index contributed by atoms with van der Waals surface area (Å²) in [6.07, 6.45) is 3.64. The lowest BCUT2D eigenvalue weighted by Crippen LogP contribution is -2.20. The minimum atomic E-state index is -0.350. The second-order valence-electron chi connectivity index (χ2n) is 5.87. The van der Waals surface area contributed by atoms with Crippen molar-refractivity contribution < 1.29 is 9.32 Å². The number of nitrogens with one attached hydrogen (secondary N) is 1. The molecule has 25 heavy (non-hydrogen) atoms. The van der Waals surface area contributed by atoms with E-state index in [1.54, 1.807) is 6.20 Å². The van der Waals surface area contributed by atoms with E-state index < -0.39 is 0 Å². The van der Waals surface area contributed by atoms with Crippen molar-refractivity contribution >= 4 is 23.4 Å². The molecule has 130 valence electrons. The summed E-state index contributed by atoms with van der Waals surface area (Å²) < 4.78 is 7.12. The monoisotopic (exact) mass is 356 g/mol. The van der Waals surface area contributed by atoms with Gasteiger partial charge in [0.2, 0.25) is 5.91 Å². The number of aromatic nitrogens is 3. The van der Waals surface area contributed by atoms with E-state index >= 15 is 0 Å². The Hall–Kier alpha value is -2.54. The first-order valence-electron chi connectivity index (χ1n) is 7.95. The van der Waals surface area contributed by atoms with E-state index in [1.807, 2.05) is 62.8 Å². The van der Waals surface area contributed by atoms with Gasteiger partial charge in [-0.1, -0.05) is 17.3 Å². The highest BCUT2D eigenvalue weighted by Crippen LogP contribution is 2.33. The maximum atomic E-state index is 12.7. The lowest BCUT2D eigenvalue weighted by Gasteiger charge is -2.14. The molecular weight excluding hydrogens is 336 g/mol. The van der Waals surface area contributed by atoms with Crippen LogP contribution in [0.2, 0.25) is 0 Å². The van der Waals surface area contributed by atoms with Crippen molar-refractivity contribution in [2.24, 2.45) is 7.05 Å². The number of carbonyl (C=O) groups is 1. The Labute approximate surface area is 150 Å². The van der Waals surface area contributed by atoms with Crippen LogP contribution in [0.5, 0.6) is 0 Å². The van der Waals surface area contributed by atoms with E-state index in [1.165, 1.54) is 11.8 Å². The predicted octanol–water partition coefficient (Wildman–Crippen LogP) is 3.92. The highest BCUT2D eigenvalue weighted by molar-refractivity contribution is 7.99. The fourth-order valence-corrected chi connectivity index (χ4v) is 3.58. The summed E-state index contributed by atoms with van der Waals surface area (Å²) in [6.45, 7) is 5.53. The number of anilines is 1. The average Bonchev–Trinajstić information content (AvgIpc) is 3.14. The summed E-state index contributed by atoms with van der Waals surface area (Å²) in [5.41, 5.74) is 2.35. The number of rotatable bonds is 5. The first kappa shape index (κ1) is 17.3. The number of hydrogen-bond acceptors (Lipinski definition) is 5. The van der Waals surface area contributed by atoms with Crippen LogP contribution in [-0.2, 0) is 11.8 Å². The third-order valence-corrected chi connectivity index (χ3v) is 5.19. The quantitative estimate of drug-likeness (QED) is 0.750. The molecule has 0 radical (unpaired) electrons. The smallest absolute Gasteiger partial charge is 0.231 e. The summed E-state index contributed by atoms with van der Waals surface area (Å²) in [5.74, 6) is 0.232. The highest BCUT2D eigenvalue weighted by atomic mass is 32.2. The summed E-state index contributed by atoms with van der Waals surface area (Å²) in [5, 5.41) is 7.81. The minimum Gasteiger partial charge on any atom is -0.361 e. The van der Waals surface area contributed by atoms with Crippen molar-refractivity contribution in [3.8, 4) is 0 Å². The molecule has 2 aromatic heterocycles. The van der Waals surface area contributed by atoms with Crippen LogP contribution in [0, 0.1) is 13.8 Å². The zero-order chi connectivity index (χ0) is 18.0. The van der Waals surface area contributed by atoms with Crippen LogP contribution in [0.4, 0.5) is 5.69 Å². The van der Waals surface area contributed by atoms with E-state index in [0.717, 1.165) is 27.0 Å². The molecule has 3 rings (SSSR count). The van der Waals surface area contributed by atoms with Gasteiger partial charge in [-0.25, -0.2) is 4.98 Å². The van der Waals surface area contributed by atoms with Gasteiger partial charge in [0, 0.05) is 29.9 Å². The number of para-hydroxylation sites is 1. The minimum absolute atomic E-state index is 0.0951. The van der Waals surface area contributed by atoms with Crippen molar-refractivity contribution in [3.05, 3.63) is 53.7 Å². The molecule has 2 heterocycles. The number of carbonyl (C=O) groups excluding carboxylic acids is 1. The van der Waals surface area contributed by atoms with Crippen molar-refractivity contribution in [2.75, 3.05) is 5.32 Å². The molecule has 1 atom stereocenters. The summed E-state index contributed by atoms with van der Waals surface area (Å²) in [6, 6.07) is 7.70. The Bertz CT molecular complexity index is 881. The molecule has 0 bridgehead atoms. The normalized spacial score (nSPS) is 12.2. The SMILES string of the molecule is Cc1noc(C)c1C(C)C(=O)Nc1ccccc1Sc1nccn1C. The van der Waals surface area contributed by atoms with Gasteiger partial charge in [-0.2, -0.15) is 0 Å². The van der Waals surface area contributed by atoms with Crippen LogP contribution in [-0.4, -0.2) is 20.6 Å². The number of nitrogens with zero attached hydrogens (tertiary/aromatic N) is 3. The van der Waals surface area contributed by atoms with Crippen LogP contribution < -0.4 is 5.32 Å². The van der Waals surface area contributed by atoms with Crippen LogP contribution in [0.1, 0.15) is 29.9 Å². The Balaban J connectivity index is 1.81. The van der Waals surface area contributed by atoms with Crippen LogP contribution >= 0.6 is 11.8 Å². The molecule has 0 saturated carbocycles. The van der Waals surface area contributed by atoms with Gasteiger partial charge in [-0.3, -0.25) is 4.79 Å². The fourth-order valence-electron chi connectivity index (χ4n) is 2.69. The molecule has 0 aliphatic heterocycles. The van der Waals surface area contributed by atoms with Gasteiger partial charge in [0.1, 0.15) is 5.76 Å². The second kappa shape index (κ2) is 7.14. The van der Waals surface area contributed by atoms with Crippen molar-refractivity contribution in [1.82, 2.24) is 14.7 Å². The molecule has 1 amide bonds. The van der Waals surface area contributed by atoms with Crippen molar-refractivity contribution in [1.29, 1.82) is 0 Å². The summed E-state index contributed by atoms with van der Waals surface area (Å²) in [7, 11) is 1.94. The molecular formula is C18H20N4O2S. The summed E-state index contributed by atoms with van der Waals surface area (Å²) >= 11 is 1.51. The third-order valence-electron chi connectivity index (χ3n) is 4.04. The molecule has 0 aliphatic carbocycles. The Kier molecular flexibility index (Phi) is 4.94. The van der Waals surface area contributed by atoms with E-state index in [2.05, 4.69) is 15.5 Å². The van der Waals surface area contributed by atoms with Crippen molar-refractivity contribution in [2.45, 2.75) is 36.7 Å². The van der Waals surface area contributed by atoms with E-state index in [0.29, 0.717) is 5.76 Å². The first-order chi connectivity index (χ1) is 12.0. The van der Waals surface area contributed by atoms with E-state index in [4.69, 9.17) is 4.52 Å². The summed E-state index contributed by atoms with van der Waals surface area (Å²) in [4.78, 5) is 18.0. The number of benzene rings is 1. The zero-order valence-electron chi connectivity index (χ0n) is 14.6. The predicted molar refractivity (Wildman–Crippen MR) is 96.8 cm³/mol. The van der Waals surface area contributed by atoms with E-state index in [9.17, 15) is 4.79 Å². The highest BCUT2D eigenvalue weighted by Gasteiger charge is 2.23. The number of amides is 1. The molecule has 3 aromatic rings. The Morgan fingerprint density at radius 2 is 2.08 bits per heavy atom. The average molecular weight is 356 g/mol. The first-order valence-corrected chi connectivity index (χ1v) is 8.77. The third kappa shape index (κ3) is 3.61. The zero-order valence-corrected chi connectivity index (χ0v) is 15.4. The van der Waals surface area contributed by atoms with Gasteiger partial charge in [-0.15, -0.1) is 0 Å². The molecule has 6 nitrogen and oxygen atoms in total. The topological polar surface area (TPSA) is 73.0 Å². The molecule has 0 aliphatic rings. The lowest BCUT2D eigenvalue weighted by molar-refractivity contribution is -0.117. The van der Waals surface area contributed by atoms with Gasteiger partial charge in [0.05, 0.1) is 17.3 Å². The maximum absolute atomic E-state index is 12.7. The molecule has 1 unspecified atom stereocenters. The lowest BCUT2D eigenvalue weighted by atomic mass is 9.98. The number of hydrogen-bond donors (Lipinski definition) is 1. The van der Waals surface area contributed by atoms with Crippen LogP contribution in [0.3, 0.4) is 0 Å². The Morgan fingerprint density at radius 1 is 1.32 bits per heavy atom. The molecule has 0 spiro atoms. The van der Waals surface area contributed by atoms with Crippen LogP contribution in [0.25, 0.3) is 0 Å². The van der Waals surface area contributed by atoms with E-state index in [-0.39, 0.29) is 11.8 Å². The molecule has 1 N–H and O–H groups in total. The van der Waals surface area contributed by atoms with Crippen molar-refractivity contribution in [3.63, 3.8) is 0 Å². The van der Waals surface area contributed by atoms with Gasteiger partial charge in [0.15, 0.2) is 5.16 Å². The van der Waals surface area contributed by atoms with Crippen LogP contribution in [0.15, 0.2) is 51.2 Å². The largest absolute Gasteiger partial charge is 0.361 e. The molecule has 7 heteroatoms. The van der Waals surface area contributed by atoms with Gasteiger partial charge < -0.3 is 14.4 Å².